The molecule has 0 aromatic heterocycles. The quantitative estimate of drug-likeness (QED) is 0.648. The van der Waals surface area contributed by atoms with Crippen LogP contribution in [0.15, 0.2) is 72.8 Å². The summed E-state index contributed by atoms with van der Waals surface area (Å²) >= 11 is 0. The van der Waals surface area contributed by atoms with E-state index >= 15 is 0 Å². The predicted octanol–water partition coefficient (Wildman–Crippen LogP) is 4.63. The zero-order chi connectivity index (χ0) is 20.8. The Bertz CT molecular complexity index is 998. The maximum atomic E-state index is 12.6. The van der Waals surface area contributed by atoms with Crippen molar-refractivity contribution in [1.82, 2.24) is 0 Å². The summed E-state index contributed by atoms with van der Waals surface area (Å²) in [6.07, 6.45) is 0. The molecule has 2 N–H and O–H groups in total. The first-order chi connectivity index (χ1) is 13.9. The minimum atomic E-state index is -0.149. The van der Waals surface area contributed by atoms with Crippen molar-refractivity contribution in [1.29, 1.82) is 0 Å². The molecule has 5 heteroatoms. The van der Waals surface area contributed by atoms with Gasteiger partial charge < -0.3 is 15.5 Å². The normalized spacial score (nSPS) is 10.3. The van der Waals surface area contributed by atoms with Crippen molar-refractivity contribution in [2.24, 2.45) is 0 Å². The van der Waals surface area contributed by atoms with Crippen LogP contribution in [-0.2, 0) is 4.79 Å². The van der Waals surface area contributed by atoms with Crippen LogP contribution in [0.1, 0.15) is 21.5 Å². The van der Waals surface area contributed by atoms with E-state index in [9.17, 15) is 9.59 Å². The summed E-state index contributed by atoms with van der Waals surface area (Å²) in [5.41, 5.74) is 5.34. The topological polar surface area (TPSA) is 61.4 Å². The minimum Gasteiger partial charge on any atom is -0.376 e. The van der Waals surface area contributed by atoms with Gasteiger partial charge in [0.1, 0.15) is 0 Å². The summed E-state index contributed by atoms with van der Waals surface area (Å²) in [7, 11) is 1.74. The molecule has 5 nitrogen and oxygen atoms in total. The summed E-state index contributed by atoms with van der Waals surface area (Å²) < 4.78 is 0. The number of benzene rings is 3. The van der Waals surface area contributed by atoms with Gasteiger partial charge in [-0.15, -0.1) is 0 Å². The Hall–Kier alpha value is -3.60. The van der Waals surface area contributed by atoms with Crippen molar-refractivity contribution >= 4 is 28.9 Å². The highest BCUT2D eigenvalue weighted by atomic mass is 16.2. The number of aryl methyl sites for hydroxylation is 2. The second kappa shape index (κ2) is 9.06. The van der Waals surface area contributed by atoms with Crippen molar-refractivity contribution in [2.45, 2.75) is 13.8 Å². The Morgan fingerprint density at radius 2 is 1.48 bits per heavy atom. The van der Waals surface area contributed by atoms with Crippen LogP contribution < -0.4 is 15.5 Å². The first-order valence-corrected chi connectivity index (χ1v) is 9.48. The van der Waals surface area contributed by atoms with Crippen LogP contribution in [0.25, 0.3) is 0 Å². The molecule has 0 unspecified atom stereocenters. The molecule has 0 saturated heterocycles. The van der Waals surface area contributed by atoms with E-state index < -0.39 is 0 Å². The summed E-state index contributed by atoms with van der Waals surface area (Å²) in [6.45, 7) is 4.26. The third kappa shape index (κ3) is 5.23. The Morgan fingerprint density at radius 3 is 2.14 bits per heavy atom. The Morgan fingerprint density at radius 1 is 0.828 bits per heavy atom. The van der Waals surface area contributed by atoms with Gasteiger partial charge in [0.15, 0.2) is 0 Å². The Kier molecular flexibility index (Phi) is 6.29. The molecule has 0 radical (unpaired) electrons. The molecule has 0 bridgehead atoms. The van der Waals surface area contributed by atoms with Crippen LogP contribution in [0.2, 0.25) is 0 Å². The highest BCUT2D eigenvalue weighted by Gasteiger charge is 2.13. The standard InChI is InChI=1S/C24H25N3O2/c1-17-9-12-21(15-18(17)2)25-16-23(28)26-20-13-10-19(11-14-20)24(29)27(3)22-7-5-4-6-8-22/h4-15,25H,16H2,1-3H3,(H,26,28). The van der Waals surface area contributed by atoms with E-state index in [2.05, 4.69) is 17.6 Å². The smallest absolute Gasteiger partial charge is 0.258 e. The van der Waals surface area contributed by atoms with Gasteiger partial charge >= 0.3 is 0 Å². The fourth-order valence-electron chi connectivity index (χ4n) is 2.90. The van der Waals surface area contributed by atoms with E-state index in [0.29, 0.717) is 11.3 Å². The number of hydrogen-bond acceptors (Lipinski definition) is 3. The fourth-order valence-corrected chi connectivity index (χ4v) is 2.90. The molecule has 3 aromatic rings. The van der Waals surface area contributed by atoms with Gasteiger partial charge in [-0.05, 0) is 73.5 Å². The van der Waals surface area contributed by atoms with E-state index in [1.807, 2.05) is 55.5 Å². The van der Waals surface area contributed by atoms with Crippen LogP contribution >= 0.6 is 0 Å². The number of nitrogens with one attached hydrogen (secondary N) is 2. The Labute approximate surface area is 171 Å². The maximum Gasteiger partial charge on any atom is 0.258 e. The highest BCUT2D eigenvalue weighted by Crippen LogP contribution is 2.17. The minimum absolute atomic E-state index is 0.106. The second-order valence-corrected chi connectivity index (χ2v) is 6.98. The van der Waals surface area contributed by atoms with Gasteiger partial charge in [0.25, 0.3) is 5.91 Å². The molecule has 0 aliphatic rings. The van der Waals surface area contributed by atoms with Crippen LogP contribution in [0.5, 0.6) is 0 Å². The number of carbonyl (C=O) groups is 2. The second-order valence-electron chi connectivity index (χ2n) is 6.98. The molecular formula is C24H25N3O2. The first-order valence-electron chi connectivity index (χ1n) is 9.48. The predicted molar refractivity (Wildman–Crippen MR) is 119 cm³/mol. The van der Waals surface area contributed by atoms with Gasteiger partial charge in [-0.1, -0.05) is 24.3 Å². The zero-order valence-corrected chi connectivity index (χ0v) is 16.9. The number of para-hydroxylation sites is 1. The van der Waals surface area contributed by atoms with Crippen LogP contribution in [0, 0.1) is 13.8 Å². The average Bonchev–Trinajstić information content (AvgIpc) is 2.74. The maximum absolute atomic E-state index is 12.6. The number of nitrogens with zero attached hydrogens (tertiary/aromatic N) is 1. The lowest BCUT2D eigenvalue weighted by Gasteiger charge is -2.17. The molecule has 148 valence electrons. The molecule has 3 aromatic carbocycles. The van der Waals surface area contributed by atoms with Gasteiger partial charge in [0.05, 0.1) is 6.54 Å². The molecule has 2 amide bonds. The molecule has 0 heterocycles. The van der Waals surface area contributed by atoms with Gasteiger partial charge in [-0.2, -0.15) is 0 Å². The van der Waals surface area contributed by atoms with E-state index in [4.69, 9.17) is 0 Å². The molecular weight excluding hydrogens is 362 g/mol. The van der Waals surface area contributed by atoms with Crippen molar-refractivity contribution in [2.75, 3.05) is 29.1 Å². The van der Waals surface area contributed by atoms with Crippen molar-refractivity contribution in [3.8, 4) is 0 Å². The number of rotatable bonds is 6. The van der Waals surface area contributed by atoms with Crippen molar-refractivity contribution < 1.29 is 9.59 Å². The number of carbonyl (C=O) groups excluding carboxylic acids is 2. The fraction of sp³-hybridized carbons (Fsp3) is 0.167. The van der Waals surface area contributed by atoms with E-state index in [0.717, 1.165) is 11.4 Å². The lowest BCUT2D eigenvalue weighted by molar-refractivity contribution is -0.114. The van der Waals surface area contributed by atoms with E-state index in [-0.39, 0.29) is 18.4 Å². The third-order valence-electron chi connectivity index (χ3n) is 4.82. The molecule has 0 fully saturated rings. The highest BCUT2D eigenvalue weighted by molar-refractivity contribution is 6.06. The van der Waals surface area contributed by atoms with Gasteiger partial charge in [-0.3, -0.25) is 9.59 Å². The van der Waals surface area contributed by atoms with Crippen molar-refractivity contribution in [3.63, 3.8) is 0 Å². The van der Waals surface area contributed by atoms with Crippen LogP contribution in [0.4, 0.5) is 17.1 Å². The summed E-state index contributed by atoms with van der Waals surface area (Å²) in [4.78, 5) is 26.4. The van der Waals surface area contributed by atoms with Gasteiger partial charge in [0, 0.05) is 29.7 Å². The Balaban J connectivity index is 1.56. The monoisotopic (exact) mass is 387 g/mol. The van der Waals surface area contributed by atoms with Crippen LogP contribution in [0.3, 0.4) is 0 Å². The average molecular weight is 387 g/mol. The first kappa shape index (κ1) is 20.1. The summed E-state index contributed by atoms with van der Waals surface area (Å²) in [5.74, 6) is -0.255. The molecule has 0 spiro atoms. The number of anilines is 3. The third-order valence-corrected chi connectivity index (χ3v) is 4.82. The lowest BCUT2D eigenvalue weighted by atomic mass is 10.1. The molecule has 29 heavy (non-hydrogen) atoms. The van der Waals surface area contributed by atoms with E-state index in [1.54, 1.807) is 36.2 Å². The lowest BCUT2D eigenvalue weighted by Crippen LogP contribution is -2.26. The number of hydrogen-bond donors (Lipinski definition) is 2. The SMILES string of the molecule is Cc1ccc(NCC(=O)Nc2ccc(C(=O)N(C)c3ccccc3)cc2)cc1C. The largest absolute Gasteiger partial charge is 0.376 e. The van der Waals surface area contributed by atoms with E-state index in [1.165, 1.54) is 11.1 Å². The molecule has 0 aliphatic heterocycles. The van der Waals surface area contributed by atoms with Crippen molar-refractivity contribution in [3.05, 3.63) is 89.5 Å². The van der Waals surface area contributed by atoms with Gasteiger partial charge in [-0.25, -0.2) is 0 Å². The number of amides is 2. The van der Waals surface area contributed by atoms with Gasteiger partial charge in [0.2, 0.25) is 5.91 Å². The molecule has 0 atom stereocenters. The summed E-state index contributed by atoms with van der Waals surface area (Å²) in [6, 6.07) is 22.4. The molecule has 0 aliphatic carbocycles. The molecule has 0 saturated carbocycles. The van der Waals surface area contributed by atoms with Crippen LogP contribution in [-0.4, -0.2) is 25.4 Å². The molecule has 3 rings (SSSR count). The zero-order valence-electron chi connectivity index (χ0n) is 16.9. The summed E-state index contributed by atoms with van der Waals surface area (Å²) in [5, 5.41) is 5.96.